The zero-order valence-electron chi connectivity index (χ0n) is 12.6. The van der Waals surface area contributed by atoms with Gasteiger partial charge in [-0.1, -0.05) is 36.8 Å². The molecule has 0 bridgehead atoms. The minimum absolute atomic E-state index is 0.0991. The van der Waals surface area contributed by atoms with Crippen molar-refractivity contribution in [1.29, 1.82) is 0 Å². The van der Waals surface area contributed by atoms with Gasteiger partial charge in [0.2, 0.25) is 0 Å². The van der Waals surface area contributed by atoms with Crippen molar-refractivity contribution in [2.45, 2.75) is 39.8 Å². The second-order valence-electron chi connectivity index (χ2n) is 5.18. The lowest BCUT2D eigenvalue weighted by molar-refractivity contribution is 0.565. The SMILES string of the molecule is CCCn1ncc(NC(C)c2ccc(C)cc2)c(Br)c1=O. The summed E-state index contributed by atoms with van der Waals surface area (Å²) in [7, 11) is 0. The van der Waals surface area contributed by atoms with E-state index in [0.29, 0.717) is 11.0 Å². The summed E-state index contributed by atoms with van der Waals surface area (Å²) in [5, 5.41) is 7.53. The van der Waals surface area contributed by atoms with E-state index in [2.05, 4.69) is 64.5 Å². The molecule has 1 unspecified atom stereocenters. The maximum Gasteiger partial charge on any atom is 0.283 e. The number of nitrogens with one attached hydrogen (secondary N) is 1. The average molecular weight is 350 g/mol. The fraction of sp³-hybridized carbons (Fsp3) is 0.375. The van der Waals surface area contributed by atoms with E-state index in [1.807, 2.05) is 6.92 Å². The maximum atomic E-state index is 12.2. The van der Waals surface area contributed by atoms with Crippen LogP contribution in [0.15, 0.2) is 39.7 Å². The Morgan fingerprint density at radius 1 is 1.33 bits per heavy atom. The molecule has 1 atom stereocenters. The van der Waals surface area contributed by atoms with Crippen LogP contribution in [0.3, 0.4) is 0 Å². The average Bonchev–Trinajstić information content (AvgIpc) is 2.47. The van der Waals surface area contributed by atoms with Crippen molar-refractivity contribution in [1.82, 2.24) is 9.78 Å². The molecule has 2 aromatic rings. The van der Waals surface area contributed by atoms with Crippen LogP contribution in [0.2, 0.25) is 0 Å². The monoisotopic (exact) mass is 349 g/mol. The molecule has 1 N–H and O–H groups in total. The number of hydrogen-bond acceptors (Lipinski definition) is 3. The first-order chi connectivity index (χ1) is 10.0. The highest BCUT2D eigenvalue weighted by Crippen LogP contribution is 2.23. The Morgan fingerprint density at radius 2 is 2.00 bits per heavy atom. The summed E-state index contributed by atoms with van der Waals surface area (Å²) in [5.41, 5.74) is 3.03. The topological polar surface area (TPSA) is 46.9 Å². The third-order valence-corrected chi connectivity index (χ3v) is 4.14. The van der Waals surface area contributed by atoms with E-state index >= 15 is 0 Å². The van der Waals surface area contributed by atoms with Crippen molar-refractivity contribution in [2.24, 2.45) is 0 Å². The number of anilines is 1. The summed E-state index contributed by atoms with van der Waals surface area (Å²) < 4.78 is 2.01. The highest BCUT2D eigenvalue weighted by Gasteiger charge is 2.11. The van der Waals surface area contributed by atoms with Gasteiger partial charge in [-0.25, -0.2) is 4.68 Å². The Morgan fingerprint density at radius 3 is 2.62 bits per heavy atom. The predicted molar refractivity (Wildman–Crippen MR) is 89.7 cm³/mol. The highest BCUT2D eigenvalue weighted by molar-refractivity contribution is 9.10. The second-order valence-corrected chi connectivity index (χ2v) is 5.97. The number of hydrogen-bond donors (Lipinski definition) is 1. The van der Waals surface area contributed by atoms with Crippen molar-refractivity contribution < 1.29 is 0 Å². The molecular weight excluding hydrogens is 330 g/mol. The van der Waals surface area contributed by atoms with Crippen LogP contribution in [0.25, 0.3) is 0 Å². The standard InChI is InChI=1S/C16H20BrN3O/c1-4-9-20-16(21)15(17)14(10-18-20)19-12(3)13-7-5-11(2)6-8-13/h5-8,10,12,19H,4,9H2,1-3H3. The molecule has 0 saturated carbocycles. The van der Waals surface area contributed by atoms with Gasteiger partial charge in [-0.3, -0.25) is 4.79 Å². The first-order valence-electron chi connectivity index (χ1n) is 7.11. The van der Waals surface area contributed by atoms with Gasteiger partial charge in [0.15, 0.2) is 0 Å². The molecule has 1 heterocycles. The van der Waals surface area contributed by atoms with Crippen molar-refractivity contribution in [2.75, 3.05) is 5.32 Å². The first-order valence-corrected chi connectivity index (χ1v) is 7.91. The number of benzene rings is 1. The second kappa shape index (κ2) is 6.89. The van der Waals surface area contributed by atoms with Crippen molar-refractivity contribution >= 4 is 21.6 Å². The molecule has 0 saturated heterocycles. The van der Waals surface area contributed by atoms with E-state index in [-0.39, 0.29) is 11.6 Å². The zero-order valence-corrected chi connectivity index (χ0v) is 14.1. The smallest absolute Gasteiger partial charge is 0.283 e. The molecule has 4 nitrogen and oxygen atoms in total. The maximum absolute atomic E-state index is 12.2. The Kier molecular flexibility index (Phi) is 5.17. The van der Waals surface area contributed by atoms with Crippen molar-refractivity contribution in [3.63, 3.8) is 0 Å². The molecule has 112 valence electrons. The molecule has 0 spiro atoms. The molecule has 0 amide bonds. The van der Waals surface area contributed by atoms with Crippen LogP contribution in [-0.2, 0) is 6.54 Å². The van der Waals surface area contributed by atoms with E-state index in [9.17, 15) is 4.79 Å². The molecule has 0 radical (unpaired) electrons. The van der Waals surface area contributed by atoms with Gasteiger partial charge in [0.05, 0.1) is 11.9 Å². The number of nitrogens with zero attached hydrogens (tertiary/aromatic N) is 2. The van der Waals surface area contributed by atoms with Crippen LogP contribution in [0, 0.1) is 6.92 Å². The Balaban J connectivity index is 2.21. The van der Waals surface area contributed by atoms with Gasteiger partial charge in [-0.15, -0.1) is 0 Å². The van der Waals surface area contributed by atoms with Gasteiger partial charge in [-0.2, -0.15) is 5.10 Å². The van der Waals surface area contributed by atoms with Gasteiger partial charge >= 0.3 is 0 Å². The van der Waals surface area contributed by atoms with Crippen molar-refractivity contribution in [3.8, 4) is 0 Å². The zero-order chi connectivity index (χ0) is 15.4. The third-order valence-electron chi connectivity index (χ3n) is 3.37. The van der Waals surface area contributed by atoms with Gasteiger partial charge in [0, 0.05) is 12.6 Å². The number of aryl methyl sites for hydroxylation is 2. The van der Waals surface area contributed by atoms with Crippen LogP contribution in [0.1, 0.15) is 37.4 Å². The molecule has 1 aromatic heterocycles. The minimum atomic E-state index is -0.0991. The van der Waals surface area contributed by atoms with Crippen LogP contribution in [-0.4, -0.2) is 9.78 Å². The molecule has 0 aliphatic heterocycles. The predicted octanol–water partition coefficient (Wildman–Crippen LogP) is 3.90. The lowest BCUT2D eigenvalue weighted by Gasteiger charge is -2.17. The summed E-state index contributed by atoms with van der Waals surface area (Å²) in [6, 6.07) is 8.45. The minimum Gasteiger partial charge on any atom is -0.376 e. The van der Waals surface area contributed by atoms with E-state index in [0.717, 1.165) is 12.1 Å². The largest absolute Gasteiger partial charge is 0.376 e. The van der Waals surface area contributed by atoms with Gasteiger partial charge < -0.3 is 5.32 Å². The fourth-order valence-corrected chi connectivity index (χ4v) is 2.53. The van der Waals surface area contributed by atoms with Crippen LogP contribution < -0.4 is 10.9 Å². The summed E-state index contributed by atoms with van der Waals surface area (Å²) in [5.74, 6) is 0. The normalized spacial score (nSPS) is 12.2. The lowest BCUT2D eigenvalue weighted by atomic mass is 10.1. The Hall–Kier alpha value is -1.62. The number of halogens is 1. The van der Waals surface area contributed by atoms with Gasteiger partial charge in [0.1, 0.15) is 4.47 Å². The van der Waals surface area contributed by atoms with Gasteiger partial charge in [-0.05, 0) is 41.8 Å². The summed E-state index contributed by atoms with van der Waals surface area (Å²) >= 11 is 3.38. The van der Waals surface area contributed by atoms with Crippen LogP contribution in [0.4, 0.5) is 5.69 Å². The Labute approximate surface area is 133 Å². The quantitative estimate of drug-likeness (QED) is 0.890. The lowest BCUT2D eigenvalue weighted by Crippen LogP contribution is -2.24. The van der Waals surface area contributed by atoms with E-state index < -0.39 is 0 Å². The molecule has 2 rings (SSSR count). The first kappa shape index (κ1) is 15.8. The molecule has 21 heavy (non-hydrogen) atoms. The molecular formula is C16H20BrN3O. The van der Waals surface area contributed by atoms with Crippen molar-refractivity contribution in [3.05, 3.63) is 56.4 Å². The van der Waals surface area contributed by atoms with Crippen LogP contribution >= 0.6 is 15.9 Å². The molecule has 5 heteroatoms. The van der Waals surface area contributed by atoms with Gasteiger partial charge in [0.25, 0.3) is 5.56 Å². The van der Waals surface area contributed by atoms with E-state index in [4.69, 9.17) is 0 Å². The molecule has 0 aliphatic carbocycles. The summed E-state index contributed by atoms with van der Waals surface area (Å²) in [6.45, 7) is 6.78. The Bertz CT molecular complexity index is 664. The van der Waals surface area contributed by atoms with Crippen LogP contribution in [0.5, 0.6) is 0 Å². The summed E-state index contributed by atoms with van der Waals surface area (Å²) in [4.78, 5) is 12.2. The third kappa shape index (κ3) is 3.73. The highest BCUT2D eigenvalue weighted by atomic mass is 79.9. The molecule has 1 aromatic carbocycles. The van der Waals surface area contributed by atoms with E-state index in [1.54, 1.807) is 6.20 Å². The number of aromatic nitrogens is 2. The molecule has 0 aliphatic rings. The fourth-order valence-electron chi connectivity index (χ4n) is 2.11. The van der Waals surface area contributed by atoms with E-state index in [1.165, 1.54) is 15.8 Å². The molecule has 0 fully saturated rings. The summed E-state index contributed by atoms with van der Waals surface area (Å²) in [6.07, 6.45) is 2.58. The number of rotatable bonds is 5.